The van der Waals surface area contributed by atoms with Gasteiger partial charge in [0, 0.05) is 16.3 Å². The van der Waals surface area contributed by atoms with Crippen LogP contribution in [0.25, 0.3) is 10.6 Å². The maximum Gasteiger partial charge on any atom is 0.312 e. The normalized spacial score (nSPS) is 10.2. The number of carbonyl (C=O) groups is 1. The fourth-order valence-electron chi connectivity index (χ4n) is 2.00. The van der Waals surface area contributed by atoms with Crippen LogP contribution in [0, 0.1) is 11.3 Å². The molecule has 0 atom stereocenters. The number of hydrogen-bond acceptors (Lipinski definition) is 6. The number of hydrogen-bond donors (Lipinski definition) is 0. The first-order valence-electron chi connectivity index (χ1n) is 6.86. The van der Waals surface area contributed by atoms with E-state index in [0.29, 0.717) is 11.3 Å². The number of nitriles is 1. The zero-order valence-corrected chi connectivity index (χ0v) is 13.7. The summed E-state index contributed by atoms with van der Waals surface area (Å²) in [5.41, 5.74) is 3.15. The van der Waals surface area contributed by atoms with E-state index in [4.69, 9.17) is 10.00 Å². The fraction of sp³-hybridized carbons (Fsp3) is 0.118. The molecule has 0 aliphatic carbocycles. The van der Waals surface area contributed by atoms with Crippen LogP contribution in [0.15, 0.2) is 46.5 Å². The average Bonchev–Trinajstić information content (AvgIpc) is 3.24. The number of thiazole rings is 1. The van der Waals surface area contributed by atoms with E-state index in [1.807, 2.05) is 28.3 Å². The molecule has 0 radical (unpaired) electrons. The molecule has 0 unspecified atom stereocenters. The van der Waals surface area contributed by atoms with Crippen LogP contribution >= 0.6 is 22.7 Å². The van der Waals surface area contributed by atoms with Crippen molar-refractivity contribution in [3.63, 3.8) is 0 Å². The maximum absolute atomic E-state index is 11.9. The summed E-state index contributed by atoms with van der Waals surface area (Å²) in [5, 5.41) is 15.7. The number of benzene rings is 1. The number of rotatable bonds is 5. The van der Waals surface area contributed by atoms with Gasteiger partial charge in [-0.25, -0.2) is 4.98 Å². The first-order valence-corrected chi connectivity index (χ1v) is 8.68. The Morgan fingerprint density at radius 1 is 1.30 bits per heavy atom. The molecule has 1 aromatic carbocycles. The first kappa shape index (κ1) is 15.4. The van der Waals surface area contributed by atoms with Crippen LogP contribution in [0.5, 0.6) is 0 Å². The van der Waals surface area contributed by atoms with Gasteiger partial charge >= 0.3 is 5.97 Å². The molecule has 114 valence electrons. The van der Waals surface area contributed by atoms with Crippen molar-refractivity contribution in [2.45, 2.75) is 13.0 Å². The van der Waals surface area contributed by atoms with Crippen molar-refractivity contribution in [2.24, 2.45) is 0 Å². The molecule has 23 heavy (non-hydrogen) atoms. The van der Waals surface area contributed by atoms with Gasteiger partial charge in [0.25, 0.3) is 0 Å². The lowest BCUT2D eigenvalue weighted by atomic mass is 10.1. The fourth-order valence-corrected chi connectivity index (χ4v) is 3.53. The zero-order chi connectivity index (χ0) is 16.1. The lowest BCUT2D eigenvalue weighted by Gasteiger charge is -2.04. The third kappa shape index (κ3) is 4.03. The highest BCUT2D eigenvalue weighted by Crippen LogP contribution is 2.25. The monoisotopic (exact) mass is 340 g/mol. The van der Waals surface area contributed by atoms with Gasteiger partial charge < -0.3 is 4.74 Å². The van der Waals surface area contributed by atoms with Crippen LogP contribution in [-0.2, 0) is 22.6 Å². The van der Waals surface area contributed by atoms with Gasteiger partial charge in [-0.3, -0.25) is 4.79 Å². The second kappa shape index (κ2) is 7.18. The number of esters is 1. The summed E-state index contributed by atoms with van der Waals surface area (Å²) in [6.45, 7) is 0.163. The standard InChI is InChI=1S/C17H12N2O2S2/c18-8-12-2-1-3-13(6-12)9-21-16(20)7-15-11-23-17(19-15)14-4-5-22-10-14/h1-6,10-11H,7,9H2. The van der Waals surface area contributed by atoms with Crippen LogP contribution in [0.1, 0.15) is 16.8 Å². The molecule has 0 fully saturated rings. The van der Waals surface area contributed by atoms with Crippen LogP contribution < -0.4 is 0 Å². The van der Waals surface area contributed by atoms with Crippen molar-refractivity contribution in [1.29, 1.82) is 5.26 Å². The number of thiophene rings is 1. The average molecular weight is 340 g/mol. The molecular formula is C17H12N2O2S2. The van der Waals surface area contributed by atoms with Gasteiger partial charge in [0.15, 0.2) is 0 Å². The minimum absolute atomic E-state index is 0.151. The molecule has 4 nitrogen and oxygen atoms in total. The van der Waals surface area contributed by atoms with Crippen molar-refractivity contribution < 1.29 is 9.53 Å². The summed E-state index contributed by atoms with van der Waals surface area (Å²) in [6, 6.07) is 11.1. The highest BCUT2D eigenvalue weighted by Gasteiger charge is 2.10. The molecule has 0 bridgehead atoms. The first-order chi connectivity index (χ1) is 11.2. The van der Waals surface area contributed by atoms with E-state index in [0.717, 1.165) is 16.1 Å². The third-order valence-electron chi connectivity index (χ3n) is 3.10. The van der Waals surface area contributed by atoms with Gasteiger partial charge in [-0.2, -0.15) is 16.6 Å². The molecule has 3 aromatic rings. The van der Waals surface area contributed by atoms with Crippen LogP contribution in [0.4, 0.5) is 0 Å². The summed E-state index contributed by atoms with van der Waals surface area (Å²) in [5.74, 6) is -0.325. The largest absolute Gasteiger partial charge is 0.461 e. The Morgan fingerprint density at radius 3 is 3.00 bits per heavy atom. The van der Waals surface area contributed by atoms with Crippen molar-refractivity contribution in [3.8, 4) is 16.6 Å². The summed E-state index contributed by atoms with van der Waals surface area (Å²) in [4.78, 5) is 16.4. The highest BCUT2D eigenvalue weighted by molar-refractivity contribution is 7.14. The second-order valence-electron chi connectivity index (χ2n) is 4.81. The minimum Gasteiger partial charge on any atom is -0.461 e. The van der Waals surface area contributed by atoms with E-state index in [-0.39, 0.29) is 19.0 Å². The van der Waals surface area contributed by atoms with E-state index < -0.39 is 0 Å². The molecule has 0 amide bonds. The molecule has 0 spiro atoms. The lowest BCUT2D eigenvalue weighted by Crippen LogP contribution is -2.08. The molecule has 0 aliphatic heterocycles. The SMILES string of the molecule is N#Cc1cccc(COC(=O)Cc2csc(-c3ccsc3)n2)c1. The molecule has 6 heteroatoms. The van der Waals surface area contributed by atoms with E-state index in [1.165, 1.54) is 11.3 Å². The van der Waals surface area contributed by atoms with Crippen LogP contribution in [0.2, 0.25) is 0 Å². The van der Waals surface area contributed by atoms with Gasteiger partial charge in [-0.15, -0.1) is 11.3 Å². The molecule has 2 heterocycles. The number of nitrogens with zero attached hydrogens (tertiary/aromatic N) is 2. The lowest BCUT2D eigenvalue weighted by molar-refractivity contribution is -0.144. The van der Waals surface area contributed by atoms with Crippen molar-refractivity contribution >= 4 is 28.6 Å². The second-order valence-corrected chi connectivity index (χ2v) is 6.44. The Kier molecular flexibility index (Phi) is 4.81. The van der Waals surface area contributed by atoms with Gasteiger partial charge in [-0.05, 0) is 29.1 Å². The van der Waals surface area contributed by atoms with Crippen molar-refractivity contribution in [2.75, 3.05) is 0 Å². The van der Waals surface area contributed by atoms with E-state index in [9.17, 15) is 4.79 Å². The van der Waals surface area contributed by atoms with E-state index in [1.54, 1.807) is 29.5 Å². The van der Waals surface area contributed by atoms with Crippen molar-refractivity contribution in [3.05, 3.63) is 63.3 Å². The predicted octanol–water partition coefficient (Wildman–Crippen LogP) is 4.03. The molecule has 0 saturated heterocycles. The Hall–Kier alpha value is -2.49. The minimum atomic E-state index is -0.325. The summed E-state index contributed by atoms with van der Waals surface area (Å²) in [7, 11) is 0. The molecule has 0 N–H and O–H groups in total. The molecular weight excluding hydrogens is 328 g/mol. The Balaban J connectivity index is 1.56. The zero-order valence-electron chi connectivity index (χ0n) is 12.1. The molecule has 2 aromatic heterocycles. The van der Waals surface area contributed by atoms with Gasteiger partial charge in [0.1, 0.15) is 11.6 Å². The third-order valence-corrected chi connectivity index (χ3v) is 4.72. The number of carbonyl (C=O) groups excluding carboxylic acids is 1. The summed E-state index contributed by atoms with van der Waals surface area (Å²) < 4.78 is 5.25. The summed E-state index contributed by atoms with van der Waals surface area (Å²) >= 11 is 3.14. The predicted molar refractivity (Wildman–Crippen MR) is 90.1 cm³/mol. The number of ether oxygens (including phenoxy) is 1. The molecule has 0 saturated carbocycles. The van der Waals surface area contributed by atoms with E-state index >= 15 is 0 Å². The molecule has 3 rings (SSSR count). The van der Waals surface area contributed by atoms with Gasteiger partial charge in [0.05, 0.1) is 23.7 Å². The van der Waals surface area contributed by atoms with Crippen molar-refractivity contribution in [1.82, 2.24) is 4.98 Å². The Morgan fingerprint density at radius 2 is 2.22 bits per heavy atom. The topological polar surface area (TPSA) is 63.0 Å². The Labute approximate surface area is 141 Å². The Bertz CT molecular complexity index is 848. The number of aromatic nitrogens is 1. The smallest absolute Gasteiger partial charge is 0.312 e. The van der Waals surface area contributed by atoms with Crippen LogP contribution in [-0.4, -0.2) is 11.0 Å². The summed E-state index contributed by atoms with van der Waals surface area (Å²) in [6.07, 6.45) is 0.151. The van der Waals surface area contributed by atoms with Gasteiger partial charge in [-0.1, -0.05) is 12.1 Å². The van der Waals surface area contributed by atoms with Crippen LogP contribution in [0.3, 0.4) is 0 Å². The van der Waals surface area contributed by atoms with Gasteiger partial charge in [0.2, 0.25) is 0 Å². The molecule has 0 aliphatic rings. The maximum atomic E-state index is 11.9. The quantitative estimate of drug-likeness (QED) is 0.658. The highest BCUT2D eigenvalue weighted by atomic mass is 32.1. The van der Waals surface area contributed by atoms with E-state index in [2.05, 4.69) is 11.1 Å².